The van der Waals surface area contributed by atoms with Gasteiger partial charge in [-0.15, -0.1) is 0 Å². The average Bonchev–Trinajstić information content (AvgIpc) is 3.83. The highest BCUT2D eigenvalue weighted by atomic mass is 15.0. The zero-order chi connectivity index (χ0) is 34.4. The molecule has 0 amide bonds. The maximum absolute atomic E-state index is 2.55. The predicted octanol–water partition coefficient (Wildman–Crippen LogP) is 12.6. The molecule has 1 aliphatic carbocycles. The number of para-hydroxylation sites is 3. The van der Waals surface area contributed by atoms with E-state index < -0.39 is 5.41 Å². The van der Waals surface area contributed by atoms with Gasteiger partial charge >= 0.3 is 0 Å². The van der Waals surface area contributed by atoms with Gasteiger partial charge in [-0.1, -0.05) is 146 Å². The van der Waals surface area contributed by atoms with Crippen LogP contribution >= 0.6 is 0 Å². The smallest absolute Gasteiger partial charge is 0.0714 e. The average molecular weight is 663 g/mol. The van der Waals surface area contributed by atoms with E-state index in [1.807, 2.05) is 0 Å². The van der Waals surface area contributed by atoms with E-state index in [1.54, 1.807) is 0 Å². The number of fused-ring (bicyclic) bond motifs is 10. The first-order valence-electron chi connectivity index (χ1n) is 18.1. The molecule has 0 spiro atoms. The van der Waals surface area contributed by atoms with Crippen molar-refractivity contribution in [3.05, 3.63) is 216 Å². The quantitative estimate of drug-likeness (QED) is 0.177. The zero-order valence-electron chi connectivity index (χ0n) is 28.8. The van der Waals surface area contributed by atoms with Crippen molar-refractivity contribution in [3.8, 4) is 22.5 Å². The highest BCUT2D eigenvalue weighted by molar-refractivity contribution is 6.18. The molecule has 52 heavy (non-hydrogen) atoms. The fraction of sp³-hybridized carbons (Fsp3) is 0.0400. The van der Waals surface area contributed by atoms with Crippen LogP contribution in [0.3, 0.4) is 0 Å². The van der Waals surface area contributed by atoms with Crippen LogP contribution in [0, 0.1) is 6.92 Å². The SMILES string of the molecule is Cc1cc2c(c3c1c1ccccc1n3-c1ccc3c(c1)c1ccccc1n3-c1ccccc1)-c1ccccc1C2(c1ccccc1)c1ccccc1. The number of benzene rings is 8. The summed E-state index contributed by atoms with van der Waals surface area (Å²) >= 11 is 0. The maximum atomic E-state index is 2.55. The fourth-order valence-electron chi connectivity index (χ4n) is 9.49. The number of aromatic nitrogens is 2. The lowest BCUT2D eigenvalue weighted by Crippen LogP contribution is -2.28. The summed E-state index contributed by atoms with van der Waals surface area (Å²) in [7, 11) is 0. The van der Waals surface area contributed by atoms with E-state index in [9.17, 15) is 0 Å². The van der Waals surface area contributed by atoms with Crippen LogP contribution in [-0.2, 0) is 5.41 Å². The second-order valence-corrected chi connectivity index (χ2v) is 14.1. The third-order valence-corrected chi connectivity index (χ3v) is 11.5. The number of hydrogen-bond donors (Lipinski definition) is 0. The van der Waals surface area contributed by atoms with Crippen LogP contribution in [0.4, 0.5) is 0 Å². The van der Waals surface area contributed by atoms with Crippen LogP contribution in [-0.4, -0.2) is 9.13 Å². The highest BCUT2D eigenvalue weighted by Crippen LogP contribution is 2.59. The number of aryl methyl sites for hydroxylation is 1. The topological polar surface area (TPSA) is 9.86 Å². The van der Waals surface area contributed by atoms with Gasteiger partial charge in [-0.25, -0.2) is 0 Å². The normalized spacial score (nSPS) is 13.2. The van der Waals surface area contributed by atoms with E-state index in [0.717, 1.165) is 5.69 Å². The minimum Gasteiger partial charge on any atom is -0.309 e. The first kappa shape index (κ1) is 29.1. The van der Waals surface area contributed by atoms with Gasteiger partial charge in [-0.3, -0.25) is 0 Å². The molecule has 11 rings (SSSR count). The molecule has 0 N–H and O–H groups in total. The van der Waals surface area contributed by atoms with Gasteiger partial charge in [0.1, 0.15) is 0 Å². The molecule has 244 valence electrons. The molecule has 0 saturated carbocycles. The summed E-state index contributed by atoms with van der Waals surface area (Å²) in [5.41, 5.74) is 15.9. The molecule has 2 nitrogen and oxygen atoms in total. The summed E-state index contributed by atoms with van der Waals surface area (Å²) < 4.78 is 4.94. The predicted molar refractivity (Wildman–Crippen MR) is 217 cm³/mol. The standard InChI is InChI=1S/C50H34N2/c1-33-31-43-48(39-24-11-14-26-42(39)50(43,34-17-5-2-6-18-34)35-19-7-3-8-20-35)49-47(33)40-25-13-16-28-45(40)52(49)37-29-30-46-41(32-37)38-23-12-15-27-44(38)51(46)36-21-9-4-10-22-36/h2-32H,1H3. The second-order valence-electron chi connectivity index (χ2n) is 14.1. The molecule has 8 aromatic carbocycles. The summed E-state index contributed by atoms with van der Waals surface area (Å²) in [6, 6.07) is 69.4. The highest BCUT2D eigenvalue weighted by Gasteiger charge is 2.47. The Morgan fingerprint density at radius 2 is 0.962 bits per heavy atom. The summed E-state index contributed by atoms with van der Waals surface area (Å²) in [6.07, 6.45) is 0. The minimum atomic E-state index is -0.470. The first-order chi connectivity index (χ1) is 25.7. The summed E-state index contributed by atoms with van der Waals surface area (Å²) in [6.45, 7) is 2.31. The Hall–Kier alpha value is -6.64. The minimum absolute atomic E-state index is 0.470. The first-order valence-corrected chi connectivity index (χ1v) is 18.1. The Balaban J connectivity index is 1.30. The van der Waals surface area contributed by atoms with Crippen molar-refractivity contribution in [2.75, 3.05) is 0 Å². The van der Waals surface area contributed by atoms with Crippen LogP contribution in [0.1, 0.15) is 27.8 Å². The Labute approximate surface area is 302 Å². The molecule has 1 aliphatic rings. The van der Waals surface area contributed by atoms with Crippen LogP contribution < -0.4 is 0 Å². The summed E-state index contributed by atoms with van der Waals surface area (Å²) in [5, 5.41) is 5.09. The van der Waals surface area contributed by atoms with Crippen LogP contribution in [0.25, 0.3) is 66.1 Å². The Kier molecular flexibility index (Phi) is 6.12. The fourth-order valence-corrected chi connectivity index (χ4v) is 9.49. The zero-order valence-corrected chi connectivity index (χ0v) is 28.8. The molecule has 0 atom stereocenters. The number of hydrogen-bond acceptors (Lipinski definition) is 0. The molecule has 0 unspecified atom stereocenters. The lowest BCUT2D eigenvalue weighted by molar-refractivity contribution is 0.768. The number of nitrogens with zero attached hydrogens (tertiary/aromatic N) is 2. The van der Waals surface area contributed by atoms with Gasteiger partial charge in [0.25, 0.3) is 0 Å². The van der Waals surface area contributed by atoms with E-state index in [4.69, 9.17) is 0 Å². The Bertz CT molecular complexity index is 2960. The van der Waals surface area contributed by atoms with E-state index in [1.165, 1.54) is 88.2 Å². The number of rotatable bonds is 4. The monoisotopic (exact) mass is 662 g/mol. The van der Waals surface area contributed by atoms with Gasteiger partial charge in [-0.2, -0.15) is 0 Å². The molecule has 0 fully saturated rings. The van der Waals surface area contributed by atoms with E-state index >= 15 is 0 Å². The Morgan fingerprint density at radius 1 is 0.404 bits per heavy atom. The van der Waals surface area contributed by atoms with E-state index in [2.05, 4.69) is 204 Å². The maximum Gasteiger partial charge on any atom is 0.0714 e. The van der Waals surface area contributed by atoms with Crippen molar-refractivity contribution >= 4 is 43.6 Å². The summed E-state index contributed by atoms with van der Waals surface area (Å²) in [5.74, 6) is 0. The molecule has 2 aromatic heterocycles. The van der Waals surface area contributed by atoms with E-state index in [0.29, 0.717) is 0 Å². The van der Waals surface area contributed by atoms with Crippen molar-refractivity contribution in [1.29, 1.82) is 0 Å². The van der Waals surface area contributed by atoms with Crippen molar-refractivity contribution < 1.29 is 0 Å². The second kappa shape index (κ2) is 10.9. The van der Waals surface area contributed by atoms with Crippen LogP contribution in [0.5, 0.6) is 0 Å². The largest absolute Gasteiger partial charge is 0.309 e. The lowest BCUT2D eigenvalue weighted by Gasteiger charge is -2.34. The molecule has 0 bridgehead atoms. The van der Waals surface area contributed by atoms with Crippen LogP contribution in [0.15, 0.2) is 188 Å². The lowest BCUT2D eigenvalue weighted by atomic mass is 9.67. The molecule has 0 radical (unpaired) electrons. The van der Waals surface area contributed by atoms with Crippen molar-refractivity contribution in [2.24, 2.45) is 0 Å². The molecule has 2 heterocycles. The van der Waals surface area contributed by atoms with Gasteiger partial charge in [0.05, 0.1) is 27.5 Å². The molecular formula is C50H34N2. The van der Waals surface area contributed by atoms with Crippen molar-refractivity contribution in [2.45, 2.75) is 12.3 Å². The third kappa shape index (κ3) is 3.79. The summed E-state index contributed by atoms with van der Waals surface area (Å²) in [4.78, 5) is 0. The molecule has 0 aliphatic heterocycles. The van der Waals surface area contributed by atoms with Crippen molar-refractivity contribution in [1.82, 2.24) is 9.13 Å². The van der Waals surface area contributed by atoms with Gasteiger partial charge < -0.3 is 9.13 Å². The molecule has 0 saturated heterocycles. The van der Waals surface area contributed by atoms with Crippen molar-refractivity contribution in [3.63, 3.8) is 0 Å². The Morgan fingerprint density at radius 3 is 1.67 bits per heavy atom. The van der Waals surface area contributed by atoms with Crippen LogP contribution in [0.2, 0.25) is 0 Å². The van der Waals surface area contributed by atoms with Gasteiger partial charge in [-0.05, 0) is 82.8 Å². The van der Waals surface area contributed by atoms with Gasteiger partial charge in [0, 0.05) is 38.5 Å². The molecular weight excluding hydrogens is 629 g/mol. The molecule has 10 aromatic rings. The third-order valence-electron chi connectivity index (χ3n) is 11.5. The van der Waals surface area contributed by atoms with E-state index in [-0.39, 0.29) is 0 Å². The van der Waals surface area contributed by atoms with Gasteiger partial charge in [0.15, 0.2) is 0 Å². The van der Waals surface area contributed by atoms with Gasteiger partial charge in [0.2, 0.25) is 0 Å². The molecule has 2 heteroatoms.